The van der Waals surface area contributed by atoms with Crippen molar-refractivity contribution in [1.82, 2.24) is 14.9 Å². The lowest BCUT2D eigenvalue weighted by Crippen LogP contribution is -1.97. The molecule has 3 rings (SSSR count). The number of methoxy groups -OCH3 is 2. The largest absolute Gasteiger partial charge is 0.502 e. The van der Waals surface area contributed by atoms with Crippen molar-refractivity contribution in [2.45, 2.75) is 0 Å². The van der Waals surface area contributed by atoms with Crippen LogP contribution in [0.4, 0.5) is 0 Å². The van der Waals surface area contributed by atoms with E-state index in [0.717, 1.165) is 0 Å². The van der Waals surface area contributed by atoms with Crippen molar-refractivity contribution in [1.29, 1.82) is 0 Å². The van der Waals surface area contributed by atoms with E-state index in [-0.39, 0.29) is 22.0 Å². The Bertz CT molecular complexity index is 1050. The Balaban J connectivity index is 2.05. The Morgan fingerprint density at radius 1 is 1.19 bits per heavy atom. The van der Waals surface area contributed by atoms with E-state index in [1.165, 1.54) is 25.1 Å². The lowest BCUT2D eigenvalue weighted by Gasteiger charge is -2.09. The SMILES string of the molecule is COc1cc(C=Nn2c(-c3ccc(Cl)cc3Cl)n[nH]c2=S)cc(OC)c1O. The second-order valence-electron chi connectivity index (χ2n) is 5.31. The summed E-state index contributed by atoms with van der Waals surface area (Å²) in [5.41, 5.74) is 1.24. The van der Waals surface area contributed by atoms with E-state index >= 15 is 0 Å². The number of hydrogen-bond donors (Lipinski definition) is 2. The van der Waals surface area contributed by atoms with Crippen LogP contribution < -0.4 is 9.47 Å². The Labute approximate surface area is 169 Å². The van der Waals surface area contributed by atoms with E-state index in [1.807, 2.05) is 0 Å². The molecule has 0 bridgehead atoms. The minimum atomic E-state index is -0.0919. The number of benzene rings is 2. The fourth-order valence-corrected chi connectivity index (χ4v) is 3.03. The summed E-state index contributed by atoms with van der Waals surface area (Å²) >= 11 is 17.5. The number of ether oxygens (including phenoxy) is 2. The average molecular weight is 425 g/mol. The molecule has 0 atom stereocenters. The first kappa shape index (κ1) is 19.2. The normalized spacial score (nSPS) is 11.1. The van der Waals surface area contributed by atoms with Crippen LogP contribution in [-0.4, -0.2) is 40.4 Å². The predicted molar refractivity (Wildman–Crippen MR) is 107 cm³/mol. The molecule has 0 unspecified atom stereocenters. The first-order valence-electron chi connectivity index (χ1n) is 7.56. The van der Waals surface area contributed by atoms with E-state index in [9.17, 15) is 5.11 Å². The summed E-state index contributed by atoms with van der Waals surface area (Å²) in [5.74, 6) is 0.849. The molecule has 2 aromatic carbocycles. The summed E-state index contributed by atoms with van der Waals surface area (Å²) in [5, 5.41) is 22.2. The molecule has 0 spiro atoms. The molecule has 0 aliphatic heterocycles. The summed E-state index contributed by atoms with van der Waals surface area (Å²) in [6, 6.07) is 8.26. The third-order valence-corrected chi connectivity index (χ3v) is 4.46. The third-order valence-electron chi connectivity index (χ3n) is 3.65. The fourth-order valence-electron chi connectivity index (χ4n) is 2.36. The monoisotopic (exact) mass is 424 g/mol. The van der Waals surface area contributed by atoms with Crippen molar-refractivity contribution in [2.75, 3.05) is 14.2 Å². The van der Waals surface area contributed by atoms with Gasteiger partial charge in [-0.15, -0.1) is 0 Å². The van der Waals surface area contributed by atoms with E-state index < -0.39 is 0 Å². The number of phenols is 1. The molecule has 3 aromatic rings. The molecule has 27 heavy (non-hydrogen) atoms. The van der Waals surface area contributed by atoms with E-state index in [2.05, 4.69) is 15.3 Å². The van der Waals surface area contributed by atoms with Gasteiger partial charge in [-0.1, -0.05) is 23.2 Å². The molecule has 1 heterocycles. The maximum atomic E-state index is 10.00. The topological polar surface area (TPSA) is 84.7 Å². The molecule has 0 amide bonds. The van der Waals surface area contributed by atoms with Gasteiger partial charge in [0, 0.05) is 16.1 Å². The van der Waals surface area contributed by atoms with Crippen molar-refractivity contribution in [2.24, 2.45) is 5.10 Å². The van der Waals surface area contributed by atoms with Gasteiger partial charge in [-0.2, -0.15) is 14.9 Å². The van der Waals surface area contributed by atoms with Crippen LogP contribution in [0, 0.1) is 4.77 Å². The number of halogens is 2. The standard InChI is InChI=1S/C17H14Cl2N4O3S/c1-25-13-5-9(6-14(26-2)15(13)24)8-20-23-16(21-22-17(23)27)11-4-3-10(18)7-12(11)19/h3-8,24H,1-2H3,(H,22,27). The van der Waals surface area contributed by atoms with Crippen LogP contribution >= 0.6 is 35.4 Å². The molecule has 0 aliphatic rings. The summed E-state index contributed by atoms with van der Waals surface area (Å²) in [4.78, 5) is 0. The Morgan fingerprint density at radius 2 is 1.85 bits per heavy atom. The van der Waals surface area contributed by atoms with Gasteiger partial charge in [-0.05, 0) is 42.5 Å². The number of nitrogens with zero attached hydrogens (tertiary/aromatic N) is 3. The van der Waals surface area contributed by atoms with Crippen LogP contribution in [0.5, 0.6) is 17.2 Å². The maximum Gasteiger partial charge on any atom is 0.216 e. The third kappa shape index (κ3) is 3.92. The summed E-state index contributed by atoms with van der Waals surface area (Å²) in [6.45, 7) is 0. The van der Waals surface area contributed by atoms with Gasteiger partial charge < -0.3 is 14.6 Å². The Hall–Kier alpha value is -2.55. The Morgan fingerprint density at radius 3 is 2.44 bits per heavy atom. The van der Waals surface area contributed by atoms with Gasteiger partial charge in [0.1, 0.15) is 0 Å². The lowest BCUT2D eigenvalue weighted by molar-refractivity contribution is 0.340. The first-order valence-corrected chi connectivity index (χ1v) is 8.73. The molecular formula is C17H14Cl2N4O3S. The molecule has 7 nitrogen and oxygen atoms in total. The molecule has 0 saturated carbocycles. The summed E-state index contributed by atoms with van der Waals surface area (Å²) < 4.78 is 12.0. The van der Waals surface area contributed by atoms with Crippen molar-refractivity contribution < 1.29 is 14.6 Å². The van der Waals surface area contributed by atoms with E-state index in [4.69, 9.17) is 44.9 Å². The zero-order chi connectivity index (χ0) is 19.6. The minimum Gasteiger partial charge on any atom is -0.502 e. The highest BCUT2D eigenvalue weighted by Crippen LogP contribution is 2.36. The zero-order valence-electron chi connectivity index (χ0n) is 14.2. The number of nitrogens with one attached hydrogen (secondary N) is 1. The van der Waals surface area contributed by atoms with Gasteiger partial charge in [-0.25, -0.2) is 5.10 Å². The number of H-pyrrole nitrogens is 1. The average Bonchev–Trinajstić information content (AvgIpc) is 3.01. The van der Waals surface area contributed by atoms with Crippen molar-refractivity contribution in [3.8, 4) is 28.6 Å². The van der Waals surface area contributed by atoms with Crippen LogP contribution in [0.15, 0.2) is 35.4 Å². The summed E-state index contributed by atoms with van der Waals surface area (Å²) in [6.07, 6.45) is 1.53. The van der Waals surface area contributed by atoms with Gasteiger partial charge in [0.15, 0.2) is 17.3 Å². The number of rotatable bonds is 5. The number of aromatic amines is 1. The van der Waals surface area contributed by atoms with E-state index in [0.29, 0.717) is 27.0 Å². The second kappa shape index (κ2) is 7.99. The number of aromatic hydroxyl groups is 1. The van der Waals surface area contributed by atoms with Crippen molar-refractivity contribution in [3.63, 3.8) is 0 Å². The van der Waals surface area contributed by atoms with Gasteiger partial charge >= 0.3 is 0 Å². The van der Waals surface area contributed by atoms with Crippen LogP contribution in [0.1, 0.15) is 5.56 Å². The maximum absolute atomic E-state index is 10.00. The number of phenolic OH excluding ortho intramolecular Hbond substituents is 1. The highest BCUT2D eigenvalue weighted by atomic mass is 35.5. The molecule has 10 heteroatoms. The van der Waals surface area contributed by atoms with Crippen LogP contribution in [0.25, 0.3) is 11.4 Å². The number of aromatic nitrogens is 3. The predicted octanol–water partition coefficient (Wildman–Crippen LogP) is 4.52. The van der Waals surface area contributed by atoms with Crippen molar-refractivity contribution >= 4 is 41.6 Å². The molecule has 0 radical (unpaired) electrons. The van der Waals surface area contributed by atoms with Crippen LogP contribution in [-0.2, 0) is 0 Å². The Kier molecular flexibility index (Phi) is 5.69. The quantitative estimate of drug-likeness (QED) is 0.464. The van der Waals surface area contributed by atoms with Gasteiger partial charge in [0.25, 0.3) is 0 Å². The highest BCUT2D eigenvalue weighted by Gasteiger charge is 2.13. The molecule has 2 N–H and O–H groups in total. The molecule has 0 fully saturated rings. The molecule has 140 valence electrons. The van der Waals surface area contributed by atoms with Gasteiger partial charge in [-0.3, -0.25) is 0 Å². The smallest absolute Gasteiger partial charge is 0.216 e. The second-order valence-corrected chi connectivity index (χ2v) is 6.54. The fraction of sp³-hybridized carbons (Fsp3) is 0.118. The van der Waals surface area contributed by atoms with Crippen LogP contribution in [0.2, 0.25) is 10.0 Å². The van der Waals surface area contributed by atoms with Crippen molar-refractivity contribution in [3.05, 3.63) is 50.7 Å². The molecule has 0 aliphatic carbocycles. The van der Waals surface area contributed by atoms with Gasteiger partial charge in [0.05, 0.1) is 25.5 Å². The summed E-state index contributed by atoms with van der Waals surface area (Å²) in [7, 11) is 2.89. The zero-order valence-corrected chi connectivity index (χ0v) is 16.6. The van der Waals surface area contributed by atoms with Gasteiger partial charge in [0.2, 0.25) is 10.5 Å². The number of hydrogen-bond acceptors (Lipinski definition) is 6. The van der Waals surface area contributed by atoms with Crippen LogP contribution in [0.3, 0.4) is 0 Å². The molecule has 0 saturated heterocycles. The van der Waals surface area contributed by atoms with E-state index in [1.54, 1.807) is 30.3 Å². The minimum absolute atomic E-state index is 0.0919. The lowest BCUT2D eigenvalue weighted by atomic mass is 10.2. The first-order chi connectivity index (χ1) is 12.9. The molecule has 1 aromatic heterocycles. The highest BCUT2D eigenvalue weighted by molar-refractivity contribution is 7.71. The molecular weight excluding hydrogens is 411 g/mol.